The molecule has 3 rings (SSSR count). The molecule has 0 radical (unpaired) electrons. The van der Waals surface area contributed by atoms with Crippen molar-refractivity contribution in [1.29, 1.82) is 0 Å². The lowest BCUT2D eigenvalue weighted by molar-refractivity contribution is -0.208. The SMILES string of the molecule is C[C@@]1(c2cc(C#Cc3nn(C(F)F)cc3Cl)ccc2F)C[C@@H](C(F)(F)F)OC(N)=N1. The summed E-state index contributed by atoms with van der Waals surface area (Å²) in [4.78, 5) is 3.87. The zero-order valence-electron chi connectivity index (χ0n) is 15.1. The molecule has 0 unspecified atom stereocenters. The molecule has 0 saturated carbocycles. The standard InChI is InChI=1S/C18H13ClF6N4O/c1-17(7-14(18(23,24)25)30-16(26)27-17)10-6-9(2-4-12(10)20)3-5-13-11(19)8-29(28-13)15(21)22/h2,4,6,8,14-15H,7H2,1H3,(H2,26,27)/t14-,17-/m0/s1. The summed E-state index contributed by atoms with van der Waals surface area (Å²) in [6.07, 6.45) is -6.79. The molecule has 1 aromatic carbocycles. The van der Waals surface area contributed by atoms with Crippen LogP contribution in [0.5, 0.6) is 0 Å². The summed E-state index contributed by atoms with van der Waals surface area (Å²) >= 11 is 5.80. The molecule has 0 fully saturated rings. The van der Waals surface area contributed by atoms with Crippen LogP contribution in [0.4, 0.5) is 26.3 Å². The number of hydrogen-bond donors (Lipinski definition) is 1. The van der Waals surface area contributed by atoms with Gasteiger partial charge < -0.3 is 10.5 Å². The molecule has 0 spiro atoms. The van der Waals surface area contributed by atoms with Gasteiger partial charge >= 0.3 is 12.7 Å². The van der Waals surface area contributed by atoms with E-state index in [1.165, 1.54) is 19.1 Å². The van der Waals surface area contributed by atoms with Crippen molar-refractivity contribution in [1.82, 2.24) is 9.78 Å². The van der Waals surface area contributed by atoms with Crippen LogP contribution in [0.2, 0.25) is 5.02 Å². The Bertz CT molecular complexity index is 1060. The number of nitrogens with two attached hydrogens (primary N) is 1. The Morgan fingerprint density at radius 3 is 2.63 bits per heavy atom. The van der Waals surface area contributed by atoms with Gasteiger partial charge in [0.25, 0.3) is 6.02 Å². The maximum absolute atomic E-state index is 14.5. The molecule has 0 saturated heterocycles. The van der Waals surface area contributed by atoms with Crippen molar-refractivity contribution in [3.63, 3.8) is 0 Å². The second-order valence-corrected chi connectivity index (χ2v) is 7.01. The third-order valence-electron chi connectivity index (χ3n) is 4.33. The van der Waals surface area contributed by atoms with E-state index in [1.807, 2.05) is 0 Å². The second kappa shape index (κ2) is 7.75. The highest BCUT2D eigenvalue weighted by atomic mass is 35.5. The van der Waals surface area contributed by atoms with Crippen molar-refractivity contribution in [3.8, 4) is 11.8 Å². The average Bonchev–Trinajstić information content (AvgIpc) is 3.00. The van der Waals surface area contributed by atoms with Gasteiger partial charge in [-0.3, -0.25) is 0 Å². The molecule has 0 bridgehead atoms. The molecule has 12 heteroatoms. The number of amidine groups is 1. The molecule has 1 aliphatic heterocycles. The van der Waals surface area contributed by atoms with Crippen LogP contribution in [0.1, 0.15) is 36.7 Å². The van der Waals surface area contributed by atoms with Crippen molar-refractivity contribution in [2.24, 2.45) is 10.7 Å². The molecular weight excluding hydrogens is 438 g/mol. The lowest BCUT2D eigenvalue weighted by Gasteiger charge is -2.35. The normalized spacial score (nSPS) is 21.6. The van der Waals surface area contributed by atoms with Gasteiger partial charge in [-0.25, -0.2) is 14.1 Å². The fourth-order valence-corrected chi connectivity index (χ4v) is 3.10. The number of alkyl halides is 5. The van der Waals surface area contributed by atoms with Crippen LogP contribution in [0.3, 0.4) is 0 Å². The summed E-state index contributed by atoms with van der Waals surface area (Å²) < 4.78 is 84.0. The van der Waals surface area contributed by atoms with Crippen LogP contribution < -0.4 is 5.73 Å². The Morgan fingerprint density at radius 1 is 1.33 bits per heavy atom. The predicted molar refractivity (Wildman–Crippen MR) is 95.4 cm³/mol. The van der Waals surface area contributed by atoms with E-state index in [4.69, 9.17) is 17.3 Å². The molecular formula is C18H13ClF6N4O. The maximum Gasteiger partial charge on any atom is 0.425 e. The number of aromatic nitrogens is 2. The lowest BCUT2D eigenvalue weighted by Crippen LogP contribution is -2.46. The maximum atomic E-state index is 14.5. The lowest BCUT2D eigenvalue weighted by atomic mass is 9.85. The fourth-order valence-electron chi connectivity index (χ4n) is 2.92. The van der Waals surface area contributed by atoms with Crippen molar-refractivity contribution >= 4 is 17.6 Å². The van der Waals surface area contributed by atoms with E-state index in [0.29, 0.717) is 4.68 Å². The highest BCUT2D eigenvalue weighted by molar-refractivity contribution is 6.31. The van der Waals surface area contributed by atoms with E-state index >= 15 is 0 Å². The first-order chi connectivity index (χ1) is 13.9. The topological polar surface area (TPSA) is 65.4 Å². The summed E-state index contributed by atoms with van der Waals surface area (Å²) in [5.74, 6) is 4.23. The minimum Gasteiger partial charge on any atom is -0.452 e. The smallest absolute Gasteiger partial charge is 0.425 e. The molecule has 2 atom stereocenters. The van der Waals surface area contributed by atoms with Crippen LogP contribution in [-0.4, -0.2) is 28.1 Å². The monoisotopic (exact) mass is 450 g/mol. The fraction of sp³-hybridized carbons (Fsp3) is 0.333. The molecule has 0 amide bonds. The summed E-state index contributed by atoms with van der Waals surface area (Å²) in [5.41, 5.74) is 3.58. The number of hydrogen-bond acceptors (Lipinski definition) is 4. The van der Waals surface area contributed by atoms with Gasteiger partial charge in [0.2, 0.25) is 0 Å². The van der Waals surface area contributed by atoms with Crippen LogP contribution in [-0.2, 0) is 10.3 Å². The first-order valence-electron chi connectivity index (χ1n) is 8.32. The molecule has 0 aliphatic carbocycles. The Morgan fingerprint density at radius 2 is 2.03 bits per heavy atom. The van der Waals surface area contributed by atoms with Crippen LogP contribution in [0, 0.1) is 17.7 Å². The van der Waals surface area contributed by atoms with Gasteiger partial charge in [0, 0.05) is 17.5 Å². The van der Waals surface area contributed by atoms with E-state index in [-0.39, 0.29) is 21.8 Å². The van der Waals surface area contributed by atoms with Crippen molar-refractivity contribution in [3.05, 3.63) is 52.1 Å². The van der Waals surface area contributed by atoms with Gasteiger partial charge in [-0.1, -0.05) is 17.5 Å². The van der Waals surface area contributed by atoms with Crippen LogP contribution >= 0.6 is 11.6 Å². The second-order valence-electron chi connectivity index (χ2n) is 6.60. The largest absolute Gasteiger partial charge is 0.452 e. The number of nitrogens with zero attached hydrogens (tertiary/aromatic N) is 3. The summed E-state index contributed by atoms with van der Waals surface area (Å²) in [5, 5.41) is 3.40. The van der Waals surface area contributed by atoms with Crippen molar-refractivity contribution in [2.75, 3.05) is 0 Å². The highest BCUT2D eigenvalue weighted by Crippen LogP contribution is 2.40. The molecule has 1 aromatic heterocycles. The molecule has 2 heterocycles. The van der Waals surface area contributed by atoms with Gasteiger partial charge in [-0.05, 0) is 31.0 Å². The Labute approximate surface area is 171 Å². The zero-order valence-corrected chi connectivity index (χ0v) is 15.9. The Kier molecular flexibility index (Phi) is 5.64. The van der Waals surface area contributed by atoms with E-state index < -0.39 is 42.6 Å². The first kappa shape index (κ1) is 21.8. The quantitative estimate of drug-likeness (QED) is 0.546. The molecule has 5 nitrogen and oxygen atoms in total. The van der Waals surface area contributed by atoms with Gasteiger partial charge in [0.1, 0.15) is 5.82 Å². The molecule has 1 aliphatic rings. The van der Waals surface area contributed by atoms with E-state index in [0.717, 1.165) is 12.3 Å². The van der Waals surface area contributed by atoms with Gasteiger partial charge in [0.15, 0.2) is 11.8 Å². The summed E-state index contributed by atoms with van der Waals surface area (Å²) in [6, 6.07) is 2.76. The minimum absolute atomic E-state index is 0.119. The van der Waals surface area contributed by atoms with Crippen molar-refractivity contribution in [2.45, 2.75) is 37.7 Å². The third kappa shape index (κ3) is 4.48. The number of aliphatic imine (C=N–C) groups is 1. The van der Waals surface area contributed by atoms with E-state index in [1.54, 1.807) is 0 Å². The summed E-state index contributed by atoms with van der Waals surface area (Å²) in [6.45, 7) is -1.62. The van der Waals surface area contributed by atoms with Crippen molar-refractivity contribution < 1.29 is 31.1 Å². The van der Waals surface area contributed by atoms with Crippen LogP contribution in [0.25, 0.3) is 0 Å². The highest BCUT2D eigenvalue weighted by Gasteiger charge is 2.50. The predicted octanol–water partition coefficient (Wildman–Crippen LogP) is 4.35. The number of benzene rings is 1. The van der Waals surface area contributed by atoms with Gasteiger partial charge in [-0.15, -0.1) is 0 Å². The first-order valence-corrected chi connectivity index (χ1v) is 8.70. The molecule has 2 aromatic rings. The minimum atomic E-state index is -4.73. The molecule has 160 valence electrons. The van der Waals surface area contributed by atoms with Gasteiger partial charge in [0.05, 0.1) is 16.8 Å². The number of ether oxygens (including phenoxy) is 1. The average molecular weight is 451 g/mol. The van der Waals surface area contributed by atoms with E-state index in [2.05, 4.69) is 26.7 Å². The number of halogens is 7. The van der Waals surface area contributed by atoms with Crippen LogP contribution in [0.15, 0.2) is 29.4 Å². The Balaban J connectivity index is 1.98. The molecule has 30 heavy (non-hydrogen) atoms. The van der Waals surface area contributed by atoms with Gasteiger partial charge in [-0.2, -0.15) is 27.1 Å². The molecule has 2 N–H and O–H groups in total. The van der Waals surface area contributed by atoms with E-state index in [9.17, 15) is 26.3 Å². The zero-order chi connectivity index (χ0) is 22.3. The number of rotatable bonds is 2. The summed E-state index contributed by atoms with van der Waals surface area (Å²) in [7, 11) is 0. The third-order valence-corrected chi connectivity index (χ3v) is 4.60. The Hall–Kier alpha value is -2.87.